The van der Waals surface area contributed by atoms with Crippen molar-refractivity contribution >= 4 is 16.7 Å². The third kappa shape index (κ3) is 3.66. The number of nitrogens with one attached hydrogen (secondary N) is 2. The van der Waals surface area contributed by atoms with Crippen LogP contribution in [0.5, 0.6) is 0 Å². The summed E-state index contributed by atoms with van der Waals surface area (Å²) in [5.74, 6) is 1.28. The van der Waals surface area contributed by atoms with Gasteiger partial charge in [0, 0.05) is 36.4 Å². The van der Waals surface area contributed by atoms with E-state index in [1.807, 2.05) is 24.3 Å². The molecule has 1 aliphatic rings. The molecular weight excluding hydrogens is 315 g/mol. The maximum Gasteiger partial charge on any atom is 0.125 e. The number of benzene rings is 1. The van der Waals surface area contributed by atoms with Crippen LogP contribution in [0.25, 0.3) is 10.9 Å². The van der Waals surface area contributed by atoms with Crippen molar-refractivity contribution in [2.75, 3.05) is 31.5 Å². The molecule has 4 nitrogen and oxygen atoms in total. The SMILES string of the molecule is Fc1ccc2[nH]cc(C3CCN(CCNc4ccccn4)CC3)c2c1. The molecule has 5 heteroatoms. The Hall–Kier alpha value is -2.40. The lowest BCUT2D eigenvalue weighted by molar-refractivity contribution is 0.220. The lowest BCUT2D eigenvalue weighted by Gasteiger charge is -2.32. The second kappa shape index (κ2) is 7.23. The Morgan fingerprint density at radius 3 is 2.88 bits per heavy atom. The maximum absolute atomic E-state index is 13.6. The van der Waals surface area contributed by atoms with Gasteiger partial charge in [0.25, 0.3) is 0 Å². The molecule has 130 valence electrons. The lowest BCUT2D eigenvalue weighted by Crippen LogP contribution is -2.36. The minimum Gasteiger partial charge on any atom is -0.369 e. The van der Waals surface area contributed by atoms with E-state index in [2.05, 4.69) is 26.4 Å². The number of aromatic nitrogens is 2. The van der Waals surface area contributed by atoms with E-state index in [0.717, 1.165) is 55.7 Å². The highest BCUT2D eigenvalue weighted by Gasteiger charge is 2.22. The van der Waals surface area contributed by atoms with E-state index in [0.29, 0.717) is 5.92 Å². The van der Waals surface area contributed by atoms with Crippen molar-refractivity contribution in [1.29, 1.82) is 0 Å². The molecule has 1 fully saturated rings. The fourth-order valence-corrected chi connectivity index (χ4v) is 3.73. The fraction of sp³-hybridized carbons (Fsp3) is 0.350. The van der Waals surface area contributed by atoms with Crippen LogP contribution in [0.2, 0.25) is 0 Å². The van der Waals surface area contributed by atoms with Gasteiger partial charge in [-0.2, -0.15) is 0 Å². The van der Waals surface area contributed by atoms with Crippen LogP contribution in [0.1, 0.15) is 24.3 Å². The van der Waals surface area contributed by atoms with Gasteiger partial charge in [0.2, 0.25) is 0 Å². The predicted molar refractivity (Wildman–Crippen MR) is 99.4 cm³/mol. The average molecular weight is 338 g/mol. The number of pyridine rings is 1. The second-order valence-electron chi connectivity index (χ2n) is 6.69. The Labute approximate surface area is 147 Å². The molecule has 0 spiro atoms. The van der Waals surface area contributed by atoms with Crippen molar-refractivity contribution in [3.63, 3.8) is 0 Å². The first-order valence-corrected chi connectivity index (χ1v) is 8.93. The number of rotatable bonds is 5. The van der Waals surface area contributed by atoms with Crippen LogP contribution < -0.4 is 5.32 Å². The van der Waals surface area contributed by atoms with Crippen molar-refractivity contribution in [2.24, 2.45) is 0 Å². The van der Waals surface area contributed by atoms with Crippen LogP contribution in [0, 0.1) is 5.82 Å². The van der Waals surface area contributed by atoms with Gasteiger partial charge < -0.3 is 15.2 Å². The molecule has 1 saturated heterocycles. The molecule has 0 radical (unpaired) electrons. The van der Waals surface area contributed by atoms with Crippen LogP contribution >= 0.6 is 0 Å². The third-order valence-corrected chi connectivity index (χ3v) is 5.10. The molecule has 0 amide bonds. The molecule has 0 atom stereocenters. The van der Waals surface area contributed by atoms with E-state index in [4.69, 9.17) is 0 Å². The number of piperidine rings is 1. The number of halogens is 1. The predicted octanol–water partition coefficient (Wildman–Crippen LogP) is 3.99. The van der Waals surface area contributed by atoms with Crippen molar-refractivity contribution in [3.8, 4) is 0 Å². The second-order valence-corrected chi connectivity index (χ2v) is 6.69. The molecule has 3 aromatic rings. The van der Waals surface area contributed by atoms with Crippen molar-refractivity contribution in [1.82, 2.24) is 14.9 Å². The summed E-state index contributed by atoms with van der Waals surface area (Å²) < 4.78 is 13.6. The summed E-state index contributed by atoms with van der Waals surface area (Å²) in [4.78, 5) is 10.0. The van der Waals surface area contributed by atoms with Gasteiger partial charge in [-0.25, -0.2) is 9.37 Å². The van der Waals surface area contributed by atoms with Gasteiger partial charge in [0.1, 0.15) is 11.6 Å². The number of anilines is 1. The summed E-state index contributed by atoms with van der Waals surface area (Å²) in [6.45, 7) is 4.08. The number of hydrogen-bond donors (Lipinski definition) is 2. The normalized spacial score (nSPS) is 16.4. The molecule has 0 saturated carbocycles. The Morgan fingerprint density at radius 2 is 2.08 bits per heavy atom. The van der Waals surface area contributed by atoms with E-state index in [-0.39, 0.29) is 5.82 Å². The highest BCUT2D eigenvalue weighted by molar-refractivity contribution is 5.83. The summed E-state index contributed by atoms with van der Waals surface area (Å²) in [6, 6.07) is 10.9. The van der Waals surface area contributed by atoms with E-state index in [1.165, 1.54) is 11.6 Å². The van der Waals surface area contributed by atoms with Crippen LogP contribution in [0.4, 0.5) is 10.2 Å². The third-order valence-electron chi connectivity index (χ3n) is 5.10. The zero-order chi connectivity index (χ0) is 17.1. The number of nitrogens with zero attached hydrogens (tertiary/aromatic N) is 2. The lowest BCUT2D eigenvalue weighted by atomic mass is 9.89. The van der Waals surface area contributed by atoms with E-state index < -0.39 is 0 Å². The minimum atomic E-state index is -0.161. The Balaban J connectivity index is 1.31. The van der Waals surface area contributed by atoms with Crippen LogP contribution in [-0.2, 0) is 0 Å². The highest BCUT2D eigenvalue weighted by atomic mass is 19.1. The molecule has 0 aliphatic carbocycles. The van der Waals surface area contributed by atoms with E-state index in [1.54, 1.807) is 12.3 Å². The molecule has 0 bridgehead atoms. The Bertz CT molecular complexity index is 822. The van der Waals surface area contributed by atoms with Crippen molar-refractivity contribution in [2.45, 2.75) is 18.8 Å². The molecule has 1 aromatic carbocycles. The summed E-state index contributed by atoms with van der Waals surface area (Å²) in [6.07, 6.45) is 6.10. The quantitative estimate of drug-likeness (QED) is 0.739. The molecule has 3 heterocycles. The number of likely N-dealkylation sites (tertiary alicyclic amines) is 1. The average Bonchev–Trinajstić information content (AvgIpc) is 3.06. The monoisotopic (exact) mass is 338 g/mol. The molecule has 2 N–H and O–H groups in total. The van der Waals surface area contributed by atoms with Gasteiger partial charge in [0.05, 0.1) is 0 Å². The van der Waals surface area contributed by atoms with Crippen LogP contribution in [0.3, 0.4) is 0 Å². The zero-order valence-corrected chi connectivity index (χ0v) is 14.2. The molecule has 25 heavy (non-hydrogen) atoms. The molecule has 0 unspecified atom stereocenters. The molecule has 1 aliphatic heterocycles. The molecule has 2 aromatic heterocycles. The van der Waals surface area contributed by atoms with E-state index in [9.17, 15) is 4.39 Å². The molecular formula is C20H23FN4. The van der Waals surface area contributed by atoms with Crippen molar-refractivity contribution in [3.05, 3.63) is 60.2 Å². The van der Waals surface area contributed by atoms with Gasteiger partial charge in [-0.05, 0) is 67.7 Å². The number of aromatic amines is 1. The first kappa shape index (κ1) is 16.1. The van der Waals surface area contributed by atoms with E-state index >= 15 is 0 Å². The van der Waals surface area contributed by atoms with Crippen molar-refractivity contribution < 1.29 is 4.39 Å². The Morgan fingerprint density at radius 1 is 1.20 bits per heavy atom. The summed E-state index contributed by atoms with van der Waals surface area (Å²) >= 11 is 0. The van der Waals surface area contributed by atoms with Gasteiger partial charge in [0.15, 0.2) is 0 Å². The summed E-state index contributed by atoms with van der Waals surface area (Å²) in [5, 5.41) is 4.40. The smallest absolute Gasteiger partial charge is 0.125 e. The summed E-state index contributed by atoms with van der Waals surface area (Å²) in [5.41, 5.74) is 2.29. The fourth-order valence-electron chi connectivity index (χ4n) is 3.73. The largest absolute Gasteiger partial charge is 0.369 e. The van der Waals surface area contributed by atoms with Gasteiger partial charge in [-0.1, -0.05) is 6.07 Å². The zero-order valence-electron chi connectivity index (χ0n) is 14.2. The standard InChI is InChI=1S/C20H23FN4/c21-16-4-5-19-17(13-16)18(14-24-19)15-6-10-25(11-7-15)12-9-23-20-3-1-2-8-22-20/h1-5,8,13-15,24H,6-7,9-12H2,(H,22,23). The maximum atomic E-state index is 13.6. The number of H-pyrrole nitrogens is 1. The van der Waals surface area contributed by atoms with Gasteiger partial charge in [-0.3, -0.25) is 0 Å². The topological polar surface area (TPSA) is 44.0 Å². The Kier molecular flexibility index (Phi) is 4.65. The van der Waals surface area contributed by atoms with Crippen LogP contribution in [0.15, 0.2) is 48.8 Å². The minimum absolute atomic E-state index is 0.161. The van der Waals surface area contributed by atoms with Crippen LogP contribution in [-0.4, -0.2) is 41.0 Å². The van der Waals surface area contributed by atoms with Gasteiger partial charge in [-0.15, -0.1) is 0 Å². The molecule has 4 rings (SSSR count). The highest BCUT2D eigenvalue weighted by Crippen LogP contribution is 2.33. The van der Waals surface area contributed by atoms with Gasteiger partial charge >= 0.3 is 0 Å². The number of fused-ring (bicyclic) bond motifs is 1. The first-order chi connectivity index (χ1) is 12.3. The first-order valence-electron chi connectivity index (χ1n) is 8.93. The summed E-state index contributed by atoms with van der Waals surface area (Å²) in [7, 11) is 0. The number of hydrogen-bond acceptors (Lipinski definition) is 3.